The van der Waals surface area contributed by atoms with E-state index in [4.69, 9.17) is 0 Å². The Morgan fingerprint density at radius 3 is 1.55 bits per heavy atom. The predicted molar refractivity (Wildman–Crippen MR) is 95.6 cm³/mol. The Labute approximate surface area is 129 Å². The summed E-state index contributed by atoms with van der Waals surface area (Å²) in [5.74, 6) is 0. The highest BCUT2D eigenvalue weighted by atomic mass is 14.2. The molecule has 3 aromatic carbocycles. The first-order valence-electron chi connectivity index (χ1n) is 7.64. The molecule has 0 spiro atoms. The van der Waals surface area contributed by atoms with E-state index in [1.165, 1.54) is 43.4 Å². The quantitative estimate of drug-likeness (QED) is 0.314. The molecule has 2 aliphatic carbocycles. The zero-order chi connectivity index (χ0) is 14.5. The van der Waals surface area contributed by atoms with E-state index >= 15 is 0 Å². The van der Waals surface area contributed by atoms with E-state index in [-0.39, 0.29) is 0 Å². The number of rotatable bonds is 0. The fourth-order valence-electron chi connectivity index (χ4n) is 3.60. The van der Waals surface area contributed by atoms with Gasteiger partial charge in [-0.2, -0.15) is 0 Å². The molecule has 102 valence electrons. The summed E-state index contributed by atoms with van der Waals surface area (Å²) in [5, 5.41) is 7.92. The maximum atomic E-state index is 2.34. The van der Waals surface area contributed by atoms with E-state index in [9.17, 15) is 0 Å². The molecular weight excluding hydrogens is 264 g/mol. The van der Waals surface area contributed by atoms with Crippen LogP contribution >= 0.6 is 0 Å². The molecule has 0 heterocycles. The minimum atomic E-state index is 1.30. The van der Waals surface area contributed by atoms with Gasteiger partial charge in [0.25, 0.3) is 0 Å². The molecule has 0 radical (unpaired) electrons. The summed E-state index contributed by atoms with van der Waals surface area (Å²) in [7, 11) is 0. The minimum Gasteiger partial charge on any atom is -0.0616 e. The molecule has 2 aliphatic rings. The van der Waals surface area contributed by atoms with Gasteiger partial charge in [-0.1, -0.05) is 72.8 Å². The van der Waals surface area contributed by atoms with E-state index < -0.39 is 0 Å². The molecule has 0 saturated carbocycles. The summed E-state index contributed by atoms with van der Waals surface area (Å²) in [6.07, 6.45) is 0. The zero-order valence-electron chi connectivity index (χ0n) is 12.1. The molecule has 0 N–H and O–H groups in total. The highest BCUT2D eigenvalue weighted by Crippen LogP contribution is 2.40. The molecule has 5 rings (SSSR count). The zero-order valence-corrected chi connectivity index (χ0v) is 12.1. The lowest BCUT2D eigenvalue weighted by Crippen LogP contribution is -1.72. The highest BCUT2D eigenvalue weighted by Gasteiger charge is 2.13. The van der Waals surface area contributed by atoms with Crippen LogP contribution in [-0.4, -0.2) is 0 Å². The molecular formula is C22H14. The van der Waals surface area contributed by atoms with Crippen LogP contribution in [0, 0.1) is 0 Å². The molecule has 0 fully saturated rings. The number of hydrogen-bond acceptors (Lipinski definition) is 0. The topological polar surface area (TPSA) is 0 Å². The summed E-state index contributed by atoms with van der Waals surface area (Å²) in [5.41, 5.74) is 2.68. The van der Waals surface area contributed by atoms with Gasteiger partial charge in [0.1, 0.15) is 0 Å². The molecule has 0 heteroatoms. The largest absolute Gasteiger partial charge is 0.0616 e. The highest BCUT2D eigenvalue weighted by molar-refractivity contribution is 6.18. The molecule has 0 nitrogen and oxygen atoms in total. The van der Waals surface area contributed by atoms with Crippen molar-refractivity contribution in [3.63, 3.8) is 0 Å². The lowest BCUT2D eigenvalue weighted by Gasteiger charge is -1.99. The monoisotopic (exact) mass is 278 g/mol. The lowest BCUT2D eigenvalue weighted by atomic mass is 10.0. The van der Waals surface area contributed by atoms with Crippen LogP contribution in [0.5, 0.6) is 0 Å². The van der Waals surface area contributed by atoms with Gasteiger partial charge in [-0.25, -0.2) is 0 Å². The number of hydrogen-bond donors (Lipinski definition) is 0. The summed E-state index contributed by atoms with van der Waals surface area (Å²) in [6, 6.07) is 30.7. The number of fused-ring (bicyclic) bond motifs is 7. The van der Waals surface area contributed by atoms with E-state index in [0.29, 0.717) is 0 Å². The average molecular weight is 278 g/mol. The third-order valence-corrected chi connectivity index (χ3v) is 4.61. The molecule has 0 bridgehead atoms. The van der Waals surface area contributed by atoms with Crippen LogP contribution in [0.25, 0.3) is 43.4 Å². The molecule has 0 saturated heterocycles. The average Bonchev–Trinajstić information content (AvgIpc) is 2.87. The molecule has 0 aliphatic heterocycles. The fourth-order valence-corrected chi connectivity index (χ4v) is 3.60. The van der Waals surface area contributed by atoms with Gasteiger partial charge >= 0.3 is 0 Å². The van der Waals surface area contributed by atoms with Crippen molar-refractivity contribution in [3.8, 4) is 11.1 Å². The SMILES string of the molecule is c1ccc2c3cc4ccccc4c4ccccc4c-3cc2c1. The van der Waals surface area contributed by atoms with Crippen LogP contribution in [0.2, 0.25) is 0 Å². The Morgan fingerprint density at radius 1 is 0.364 bits per heavy atom. The second kappa shape index (κ2) is 4.32. The van der Waals surface area contributed by atoms with Crippen LogP contribution in [0.3, 0.4) is 0 Å². The summed E-state index contributed by atoms with van der Waals surface area (Å²) < 4.78 is 0. The van der Waals surface area contributed by atoms with Crippen molar-refractivity contribution in [2.24, 2.45) is 0 Å². The Bertz CT molecular complexity index is 1120. The lowest BCUT2D eigenvalue weighted by molar-refractivity contribution is 1.81. The van der Waals surface area contributed by atoms with E-state index in [1.54, 1.807) is 0 Å². The second-order valence-electron chi connectivity index (χ2n) is 5.84. The van der Waals surface area contributed by atoms with Crippen LogP contribution in [-0.2, 0) is 0 Å². The maximum Gasteiger partial charge on any atom is -0.00926 e. The first-order chi connectivity index (χ1) is 10.9. The van der Waals surface area contributed by atoms with Gasteiger partial charge in [0.05, 0.1) is 0 Å². The van der Waals surface area contributed by atoms with Crippen molar-refractivity contribution >= 4 is 32.3 Å². The standard InChI is InChI=1S/C22H14/c1-3-9-17-15(7-1)13-21-18-10-4-2-8-16(18)14-22(21)20-12-6-5-11-19(17)20/h1-14H. The smallest absolute Gasteiger partial charge is 0.00926 e. The molecule has 0 aromatic heterocycles. The molecule has 22 heavy (non-hydrogen) atoms. The molecule has 0 amide bonds. The maximum absolute atomic E-state index is 2.34. The Balaban J connectivity index is 2.16. The Morgan fingerprint density at radius 2 is 0.818 bits per heavy atom. The van der Waals surface area contributed by atoms with Crippen molar-refractivity contribution < 1.29 is 0 Å². The van der Waals surface area contributed by atoms with Crippen LogP contribution in [0.4, 0.5) is 0 Å². The summed E-state index contributed by atoms with van der Waals surface area (Å²) in [6.45, 7) is 0. The van der Waals surface area contributed by atoms with Gasteiger partial charge in [0.15, 0.2) is 0 Å². The van der Waals surface area contributed by atoms with Gasteiger partial charge in [-0.3, -0.25) is 0 Å². The number of benzene rings is 3. The first kappa shape index (κ1) is 11.8. The minimum absolute atomic E-state index is 1.30. The summed E-state index contributed by atoms with van der Waals surface area (Å²) in [4.78, 5) is 0. The van der Waals surface area contributed by atoms with Crippen LogP contribution in [0.15, 0.2) is 84.9 Å². The van der Waals surface area contributed by atoms with E-state index in [2.05, 4.69) is 84.9 Å². The van der Waals surface area contributed by atoms with Gasteiger partial charge in [0, 0.05) is 0 Å². The van der Waals surface area contributed by atoms with Crippen molar-refractivity contribution in [2.75, 3.05) is 0 Å². The molecule has 3 aromatic rings. The van der Waals surface area contributed by atoms with E-state index in [0.717, 1.165) is 0 Å². The van der Waals surface area contributed by atoms with Gasteiger partial charge in [0.2, 0.25) is 0 Å². The molecule has 0 atom stereocenters. The van der Waals surface area contributed by atoms with Gasteiger partial charge in [-0.05, 0) is 55.6 Å². The van der Waals surface area contributed by atoms with Crippen molar-refractivity contribution in [3.05, 3.63) is 84.9 Å². The van der Waals surface area contributed by atoms with Crippen molar-refractivity contribution in [2.45, 2.75) is 0 Å². The van der Waals surface area contributed by atoms with Gasteiger partial charge < -0.3 is 0 Å². The Hall–Kier alpha value is -2.86. The molecule has 0 unspecified atom stereocenters. The van der Waals surface area contributed by atoms with E-state index in [1.807, 2.05) is 0 Å². The second-order valence-corrected chi connectivity index (χ2v) is 5.84. The fraction of sp³-hybridized carbons (Fsp3) is 0. The van der Waals surface area contributed by atoms with Crippen LogP contribution in [0.1, 0.15) is 0 Å². The third kappa shape index (κ3) is 1.52. The normalized spacial score (nSPS) is 11.6. The predicted octanol–water partition coefficient (Wildman–Crippen LogP) is 6.25. The van der Waals surface area contributed by atoms with Crippen LogP contribution < -0.4 is 0 Å². The first-order valence-corrected chi connectivity index (χ1v) is 7.64. The third-order valence-electron chi connectivity index (χ3n) is 4.61. The van der Waals surface area contributed by atoms with Gasteiger partial charge in [-0.15, -0.1) is 0 Å². The van der Waals surface area contributed by atoms with Crippen molar-refractivity contribution in [1.82, 2.24) is 0 Å². The van der Waals surface area contributed by atoms with Crippen molar-refractivity contribution in [1.29, 1.82) is 0 Å². The Kier molecular flexibility index (Phi) is 2.31. The summed E-state index contributed by atoms with van der Waals surface area (Å²) >= 11 is 0.